The van der Waals surface area contributed by atoms with Gasteiger partial charge in [-0.1, -0.05) is 42.5 Å². The Morgan fingerprint density at radius 2 is 1.37 bits per heavy atom. The molecule has 0 saturated heterocycles. The molecule has 0 N–H and O–H groups in total. The van der Waals surface area contributed by atoms with Crippen molar-refractivity contribution in [2.45, 2.75) is 13.5 Å². The number of ether oxygens (including phenoxy) is 2. The number of carbonyl (C=O) groups excluding carboxylic acids is 2. The molecule has 1 heterocycles. The van der Waals surface area contributed by atoms with E-state index in [2.05, 4.69) is 21.6 Å². The van der Waals surface area contributed by atoms with Crippen molar-refractivity contribution in [2.24, 2.45) is 0 Å². The fourth-order valence-electron chi connectivity index (χ4n) is 3.73. The summed E-state index contributed by atoms with van der Waals surface area (Å²) in [6.07, 6.45) is 7.38. The number of anilines is 1. The number of hydrogen-bond acceptors (Lipinski definition) is 5. The zero-order valence-electron chi connectivity index (χ0n) is 21.8. The normalized spacial score (nSPS) is 10.8. The molecule has 0 spiro atoms. The summed E-state index contributed by atoms with van der Waals surface area (Å²) in [5.74, 6) is 0.750. The number of nitrogens with zero attached hydrogens (tertiary/aromatic N) is 2. The molecule has 0 amide bonds. The highest BCUT2D eigenvalue weighted by atomic mass is 16.5. The Hall–Kier alpha value is -4.71. The maximum Gasteiger partial charge on any atom is 0.343 e. The van der Waals surface area contributed by atoms with E-state index in [1.165, 1.54) is 6.92 Å². The van der Waals surface area contributed by atoms with Gasteiger partial charge in [-0.25, -0.2) is 9.36 Å². The number of allylic oxidation sites excluding steroid dienone is 1. The van der Waals surface area contributed by atoms with Crippen molar-refractivity contribution in [1.82, 2.24) is 0 Å². The van der Waals surface area contributed by atoms with Crippen LogP contribution in [-0.4, -0.2) is 32.5 Å². The summed E-state index contributed by atoms with van der Waals surface area (Å²) in [6, 6.07) is 26.3. The number of rotatable bonds is 10. The molecule has 0 unspecified atom stereocenters. The molecule has 0 atom stereocenters. The van der Waals surface area contributed by atoms with Crippen molar-refractivity contribution in [3.05, 3.63) is 115 Å². The van der Waals surface area contributed by atoms with Crippen LogP contribution in [0, 0.1) is 0 Å². The average Bonchev–Trinajstić information content (AvgIpc) is 2.93. The quantitative estimate of drug-likeness (QED) is 0.121. The second kappa shape index (κ2) is 12.5. The lowest BCUT2D eigenvalue weighted by Crippen LogP contribution is -2.35. The lowest BCUT2D eigenvalue weighted by molar-refractivity contribution is -0.697. The smallest absolute Gasteiger partial charge is 0.343 e. The van der Waals surface area contributed by atoms with Crippen LogP contribution in [0.3, 0.4) is 0 Å². The molecule has 0 aliphatic heterocycles. The van der Waals surface area contributed by atoms with Gasteiger partial charge in [-0.05, 0) is 66.1 Å². The highest BCUT2D eigenvalue weighted by Gasteiger charge is 2.10. The molecule has 4 rings (SSSR count). The van der Waals surface area contributed by atoms with E-state index >= 15 is 0 Å². The SMILES string of the molecule is CC(=O)/C=C/c1ccc(-c2ccc(OC(=O)c3ccc(OCC[n+]4ccc(N(C)C)cc4)cc3)cc2)cc1. The monoisotopic (exact) mass is 507 g/mol. The molecule has 0 aliphatic carbocycles. The summed E-state index contributed by atoms with van der Waals surface area (Å²) in [5.41, 5.74) is 4.58. The Bertz CT molecular complexity index is 1390. The third-order valence-electron chi connectivity index (χ3n) is 5.92. The predicted octanol–water partition coefficient (Wildman–Crippen LogP) is 5.61. The molecular formula is C32H31N2O4+. The van der Waals surface area contributed by atoms with E-state index < -0.39 is 5.97 Å². The zero-order chi connectivity index (χ0) is 26.9. The molecule has 0 bridgehead atoms. The van der Waals surface area contributed by atoms with Crippen molar-refractivity contribution in [3.8, 4) is 22.6 Å². The van der Waals surface area contributed by atoms with Crippen molar-refractivity contribution in [1.29, 1.82) is 0 Å². The van der Waals surface area contributed by atoms with Crippen LogP contribution in [0.2, 0.25) is 0 Å². The highest BCUT2D eigenvalue weighted by Crippen LogP contribution is 2.24. The molecule has 0 radical (unpaired) electrons. The van der Waals surface area contributed by atoms with Gasteiger partial charge in [0.25, 0.3) is 0 Å². The lowest BCUT2D eigenvalue weighted by Gasteiger charge is -2.10. The van der Waals surface area contributed by atoms with Crippen LogP contribution in [-0.2, 0) is 11.3 Å². The first-order chi connectivity index (χ1) is 18.4. The predicted molar refractivity (Wildman–Crippen MR) is 149 cm³/mol. The Kier molecular flexibility index (Phi) is 8.67. The summed E-state index contributed by atoms with van der Waals surface area (Å²) < 4.78 is 13.4. The third-order valence-corrected chi connectivity index (χ3v) is 5.92. The Morgan fingerprint density at radius 3 is 1.95 bits per heavy atom. The average molecular weight is 508 g/mol. The van der Waals surface area contributed by atoms with Crippen LogP contribution in [0.25, 0.3) is 17.2 Å². The number of ketones is 1. The second-order valence-corrected chi connectivity index (χ2v) is 9.04. The van der Waals surface area contributed by atoms with Crippen molar-refractivity contribution in [2.75, 3.05) is 25.6 Å². The molecule has 0 saturated carbocycles. The van der Waals surface area contributed by atoms with Crippen molar-refractivity contribution in [3.63, 3.8) is 0 Å². The first-order valence-electron chi connectivity index (χ1n) is 12.4. The minimum absolute atomic E-state index is 0.0143. The summed E-state index contributed by atoms with van der Waals surface area (Å²) >= 11 is 0. The molecule has 3 aromatic carbocycles. The van der Waals surface area contributed by atoms with Crippen LogP contribution in [0.4, 0.5) is 5.69 Å². The van der Waals surface area contributed by atoms with Gasteiger partial charge in [-0.3, -0.25) is 4.79 Å². The van der Waals surface area contributed by atoms with Crippen LogP contribution in [0.15, 0.2) is 103 Å². The van der Waals surface area contributed by atoms with Crippen molar-refractivity contribution >= 4 is 23.5 Å². The molecule has 38 heavy (non-hydrogen) atoms. The maximum absolute atomic E-state index is 12.6. The summed E-state index contributed by atoms with van der Waals surface area (Å²) in [4.78, 5) is 25.8. The lowest BCUT2D eigenvalue weighted by atomic mass is 10.0. The van der Waals surface area contributed by atoms with Crippen molar-refractivity contribution < 1.29 is 23.6 Å². The summed E-state index contributed by atoms with van der Waals surface area (Å²) in [5, 5.41) is 0. The molecule has 4 aromatic rings. The van der Waals surface area contributed by atoms with E-state index in [9.17, 15) is 9.59 Å². The van der Waals surface area contributed by atoms with Gasteiger partial charge < -0.3 is 14.4 Å². The van der Waals surface area contributed by atoms with Gasteiger partial charge in [0.15, 0.2) is 24.7 Å². The highest BCUT2D eigenvalue weighted by molar-refractivity contribution is 5.92. The minimum Gasteiger partial charge on any atom is -0.487 e. The number of aromatic nitrogens is 1. The van der Waals surface area contributed by atoms with Gasteiger partial charge >= 0.3 is 5.97 Å². The number of benzene rings is 3. The summed E-state index contributed by atoms with van der Waals surface area (Å²) in [7, 11) is 4.02. The van der Waals surface area contributed by atoms with Crippen LogP contribution >= 0.6 is 0 Å². The van der Waals surface area contributed by atoms with Gasteiger partial charge in [0.2, 0.25) is 0 Å². The first-order valence-corrected chi connectivity index (χ1v) is 12.4. The Balaban J connectivity index is 1.27. The fourth-order valence-corrected chi connectivity index (χ4v) is 3.73. The number of pyridine rings is 1. The topological polar surface area (TPSA) is 59.7 Å². The largest absolute Gasteiger partial charge is 0.487 e. The third kappa shape index (κ3) is 7.40. The van der Waals surface area contributed by atoms with E-state index in [0.717, 1.165) is 22.4 Å². The molecule has 192 valence electrons. The molecule has 0 fully saturated rings. The van der Waals surface area contributed by atoms with Gasteiger partial charge in [-0.2, -0.15) is 0 Å². The molecule has 0 aliphatic rings. The maximum atomic E-state index is 12.6. The Labute approximate surface area is 223 Å². The molecule has 6 heteroatoms. The Morgan fingerprint density at radius 1 is 0.789 bits per heavy atom. The van der Waals surface area contributed by atoms with Gasteiger partial charge in [0, 0.05) is 31.9 Å². The molecular weight excluding hydrogens is 476 g/mol. The van der Waals surface area contributed by atoms with Gasteiger partial charge in [-0.15, -0.1) is 0 Å². The van der Waals surface area contributed by atoms with E-state index in [4.69, 9.17) is 9.47 Å². The van der Waals surface area contributed by atoms with Crippen LogP contribution in [0.1, 0.15) is 22.8 Å². The number of hydrogen-bond donors (Lipinski definition) is 0. The fraction of sp³-hybridized carbons (Fsp3) is 0.156. The van der Waals surface area contributed by atoms with Crippen LogP contribution < -0.4 is 18.9 Å². The van der Waals surface area contributed by atoms with Gasteiger partial charge in [0.1, 0.15) is 18.1 Å². The van der Waals surface area contributed by atoms with Gasteiger partial charge in [0.05, 0.1) is 5.56 Å². The van der Waals surface area contributed by atoms with E-state index in [1.54, 1.807) is 48.6 Å². The van der Waals surface area contributed by atoms with Crippen LogP contribution in [0.5, 0.6) is 11.5 Å². The zero-order valence-corrected chi connectivity index (χ0v) is 21.8. The summed E-state index contributed by atoms with van der Waals surface area (Å²) in [6.45, 7) is 2.76. The van der Waals surface area contributed by atoms with E-state index in [-0.39, 0.29) is 5.78 Å². The van der Waals surface area contributed by atoms with E-state index in [0.29, 0.717) is 30.2 Å². The molecule has 6 nitrogen and oxygen atoms in total. The number of esters is 1. The second-order valence-electron chi connectivity index (χ2n) is 9.04. The first kappa shape index (κ1) is 26.4. The standard InChI is InChI=1S/C32H31N2O4/c1-24(35)4-5-25-6-8-26(9-7-25)27-10-16-31(17-11-27)38-32(36)28-12-14-30(15-13-28)37-23-22-34-20-18-29(19-21-34)33(2)3/h4-21H,22-23H2,1-3H3/q+1/b5-4+. The molecule has 1 aromatic heterocycles. The minimum atomic E-state index is -0.428. The number of carbonyl (C=O) groups is 2. The van der Waals surface area contributed by atoms with E-state index in [1.807, 2.05) is 62.9 Å².